The topological polar surface area (TPSA) is 89.0 Å². The van der Waals surface area contributed by atoms with Gasteiger partial charge in [0.1, 0.15) is 11.5 Å². The van der Waals surface area contributed by atoms with Gasteiger partial charge < -0.3 is 4.42 Å². The number of amidine groups is 1. The van der Waals surface area contributed by atoms with Crippen LogP contribution in [0.1, 0.15) is 31.1 Å². The van der Waals surface area contributed by atoms with Gasteiger partial charge in [0.05, 0.1) is 15.5 Å². The lowest BCUT2D eigenvalue weighted by molar-refractivity contribution is -0.384. The van der Waals surface area contributed by atoms with Crippen LogP contribution in [0.3, 0.4) is 0 Å². The van der Waals surface area contributed by atoms with E-state index < -0.39 is 4.92 Å². The summed E-state index contributed by atoms with van der Waals surface area (Å²) in [4.78, 5) is 30.6. The van der Waals surface area contributed by atoms with E-state index in [1.165, 1.54) is 23.9 Å². The Morgan fingerprint density at radius 2 is 1.94 bits per heavy atom. The highest BCUT2D eigenvalue weighted by Crippen LogP contribution is 2.36. The third-order valence-corrected chi connectivity index (χ3v) is 6.87. The molecule has 4 rings (SSSR count). The molecule has 0 bridgehead atoms. The molecule has 1 aliphatic rings. The monoisotopic (exact) mass is 539 g/mol. The number of nitro benzene ring substituents is 1. The maximum atomic E-state index is 13.1. The van der Waals surface area contributed by atoms with E-state index in [1.807, 2.05) is 31.2 Å². The minimum Gasteiger partial charge on any atom is -0.457 e. The van der Waals surface area contributed by atoms with Crippen LogP contribution >= 0.6 is 27.7 Å². The second kappa shape index (κ2) is 10.4. The van der Waals surface area contributed by atoms with Gasteiger partial charge in [0.25, 0.3) is 11.6 Å². The normalized spacial score (nSPS) is 16.1. The van der Waals surface area contributed by atoms with Crippen LogP contribution in [0.5, 0.6) is 0 Å². The maximum Gasteiger partial charge on any atom is 0.270 e. The first kappa shape index (κ1) is 24.0. The Kier molecular flexibility index (Phi) is 7.33. The minimum atomic E-state index is -0.449. The third kappa shape index (κ3) is 5.31. The summed E-state index contributed by atoms with van der Waals surface area (Å²) in [6, 6.07) is 15.9. The summed E-state index contributed by atoms with van der Waals surface area (Å²) in [5.74, 6) is 0.961. The third-order valence-electron chi connectivity index (χ3n) is 5.21. The van der Waals surface area contributed by atoms with E-state index in [0.29, 0.717) is 38.2 Å². The summed E-state index contributed by atoms with van der Waals surface area (Å²) >= 11 is 4.70. The first-order chi connectivity index (χ1) is 16.4. The number of thioether (sulfide) groups is 1. The smallest absolute Gasteiger partial charge is 0.270 e. The zero-order chi connectivity index (χ0) is 24.2. The number of hydrogen-bond donors (Lipinski definition) is 0. The summed E-state index contributed by atoms with van der Waals surface area (Å²) in [5.41, 5.74) is 2.62. The van der Waals surface area contributed by atoms with E-state index >= 15 is 0 Å². The minimum absolute atomic E-state index is 0.00922. The van der Waals surface area contributed by atoms with Crippen molar-refractivity contribution >= 4 is 56.2 Å². The molecular formula is C25H22BrN3O4S. The number of aryl methyl sites for hydroxylation is 1. The summed E-state index contributed by atoms with van der Waals surface area (Å²) < 4.78 is 6.50. The Labute approximate surface area is 209 Å². The van der Waals surface area contributed by atoms with Crippen LogP contribution < -0.4 is 0 Å². The number of nitrogens with zero attached hydrogens (tertiary/aromatic N) is 3. The molecule has 0 saturated carbocycles. The molecule has 0 aliphatic carbocycles. The van der Waals surface area contributed by atoms with Gasteiger partial charge in [-0.15, -0.1) is 0 Å². The van der Waals surface area contributed by atoms with Gasteiger partial charge in [-0.25, -0.2) is 4.99 Å². The van der Waals surface area contributed by atoms with Gasteiger partial charge in [-0.2, -0.15) is 0 Å². The summed E-state index contributed by atoms with van der Waals surface area (Å²) in [6.07, 6.45) is 3.56. The lowest BCUT2D eigenvalue weighted by atomic mass is 10.1. The van der Waals surface area contributed by atoms with E-state index in [2.05, 4.69) is 22.9 Å². The molecule has 0 atom stereocenters. The Morgan fingerprint density at radius 1 is 1.18 bits per heavy atom. The maximum absolute atomic E-state index is 13.1. The molecule has 1 amide bonds. The van der Waals surface area contributed by atoms with Crippen LogP contribution in [0.15, 0.2) is 73.4 Å². The van der Waals surface area contributed by atoms with Crippen LogP contribution in [0.4, 0.5) is 11.4 Å². The van der Waals surface area contributed by atoms with Crippen molar-refractivity contribution in [3.05, 3.63) is 85.4 Å². The predicted molar refractivity (Wildman–Crippen MR) is 139 cm³/mol. The molecule has 174 valence electrons. The van der Waals surface area contributed by atoms with Crippen LogP contribution in [0.2, 0.25) is 0 Å². The molecule has 0 radical (unpaired) electrons. The molecule has 2 aromatic carbocycles. The zero-order valence-corrected chi connectivity index (χ0v) is 21.1. The van der Waals surface area contributed by atoms with Gasteiger partial charge in [0, 0.05) is 34.8 Å². The fraction of sp³-hybridized carbons (Fsp3) is 0.200. The number of benzene rings is 2. The van der Waals surface area contributed by atoms with E-state index in [1.54, 1.807) is 29.2 Å². The van der Waals surface area contributed by atoms with Crippen molar-refractivity contribution in [2.45, 2.75) is 26.7 Å². The molecule has 1 aromatic heterocycles. The molecule has 3 aromatic rings. The van der Waals surface area contributed by atoms with E-state index in [0.717, 1.165) is 24.1 Å². The second-order valence-corrected chi connectivity index (χ2v) is 9.64. The Hall–Kier alpha value is -3.17. The van der Waals surface area contributed by atoms with Crippen molar-refractivity contribution in [1.82, 2.24) is 4.90 Å². The van der Waals surface area contributed by atoms with Gasteiger partial charge in [-0.3, -0.25) is 19.8 Å². The fourth-order valence-electron chi connectivity index (χ4n) is 3.36. The molecule has 1 aliphatic heterocycles. The number of furan rings is 1. The lowest BCUT2D eigenvalue weighted by Crippen LogP contribution is -2.30. The molecule has 0 N–H and O–H groups in total. The van der Waals surface area contributed by atoms with Gasteiger partial charge in [0.15, 0.2) is 5.17 Å². The average Bonchev–Trinajstić information content (AvgIpc) is 3.38. The molecule has 0 spiro atoms. The van der Waals surface area contributed by atoms with Crippen molar-refractivity contribution in [3.8, 4) is 11.3 Å². The number of amides is 1. The van der Waals surface area contributed by atoms with Crippen LogP contribution in [-0.4, -0.2) is 27.4 Å². The second-order valence-electron chi connectivity index (χ2n) is 7.77. The Balaban J connectivity index is 1.61. The number of rotatable bonds is 7. The van der Waals surface area contributed by atoms with Crippen molar-refractivity contribution in [2.75, 3.05) is 6.54 Å². The number of carbonyl (C=O) groups excluding carboxylic acids is 1. The number of carbonyl (C=O) groups is 1. The predicted octanol–water partition coefficient (Wildman–Crippen LogP) is 7.33. The summed E-state index contributed by atoms with van der Waals surface area (Å²) in [7, 11) is 0. The van der Waals surface area contributed by atoms with E-state index in [4.69, 9.17) is 9.41 Å². The van der Waals surface area contributed by atoms with Crippen molar-refractivity contribution in [1.29, 1.82) is 0 Å². The van der Waals surface area contributed by atoms with Crippen molar-refractivity contribution in [2.24, 2.45) is 4.99 Å². The number of non-ortho nitro benzene ring substituents is 1. The molecule has 7 nitrogen and oxygen atoms in total. The van der Waals surface area contributed by atoms with Gasteiger partial charge >= 0.3 is 0 Å². The van der Waals surface area contributed by atoms with E-state index in [9.17, 15) is 14.9 Å². The quantitative estimate of drug-likeness (QED) is 0.178. The first-order valence-electron chi connectivity index (χ1n) is 10.8. The van der Waals surface area contributed by atoms with Crippen LogP contribution in [0, 0.1) is 17.0 Å². The van der Waals surface area contributed by atoms with Crippen molar-refractivity contribution in [3.63, 3.8) is 0 Å². The van der Waals surface area contributed by atoms with Gasteiger partial charge in [0.2, 0.25) is 0 Å². The molecule has 9 heteroatoms. The number of hydrogen-bond acceptors (Lipinski definition) is 6. The lowest BCUT2D eigenvalue weighted by Gasteiger charge is -2.14. The van der Waals surface area contributed by atoms with Crippen molar-refractivity contribution < 1.29 is 14.1 Å². The largest absolute Gasteiger partial charge is 0.457 e. The fourth-order valence-corrected chi connectivity index (χ4v) is 4.92. The Bertz CT molecular complexity index is 1300. The number of unbranched alkanes of at least 4 members (excludes halogenated alkanes) is 1. The summed E-state index contributed by atoms with van der Waals surface area (Å²) in [5, 5.41) is 11.6. The standard InChI is InChI=1S/C25H22BrN3O4S/c1-3-4-13-28-24(30)23(34-25(28)27-17-7-5-16(2)6-8-17)15-19-10-12-22(33-19)20-11-9-18(29(31)32)14-21(20)26/h5-12,14-15H,3-4,13H2,1-2H3/b23-15+,27-25?. The van der Waals surface area contributed by atoms with Gasteiger partial charge in [-0.1, -0.05) is 31.0 Å². The molecule has 1 saturated heterocycles. The highest BCUT2D eigenvalue weighted by atomic mass is 79.9. The number of halogens is 1. The highest BCUT2D eigenvalue weighted by Gasteiger charge is 2.33. The van der Waals surface area contributed by atoms with Crippen LogP contribution in [-0.2, 0) is 4.79 Å². The number of aliphatic imine (C=N–C) groups is 1. The molecular weight excluding hydrogens is 518 g/mol. The molecule has 1 fully saturated rings. The average molecular weight is 540 g/mol. The molecule has 2 heterocycles. The van der Waals surface area contributed by atoms with Gasteiger partial charge in [-0.05, 0) is 71.4 Å². The molecule has 0 unspecified atom stereocenters. The Morgan fingerprint density at radius 3 is 2.62 bits per heavy atom. The SMILES string of the molecule is CCCCN1C(=O)/C(=C\c2ccc(-c3ccc([N+](=O)[O-])cc3Br)o2)SC1=Nc1ccc(C)cc1. The van der Waals surface area contributed by atoms with Crippen LogP contribution in [0.25, 0.3) is 17.4 Å². The summed E-state index contributed by atoms with van der Waals surface area (Å²) in [6.45, 7) is 4.71. The zero-order valence-electron chi connectivity index (χ0n) is 18.7. The first-order valence-corrected chi connectivity index (χ1v) is 12.4. The van der Waals surface area contributed by atoms with E-state index in [-0.39, 0.29) is 11.6 Å². The molecule has 34 heavy (non-hydrogen) atoms. The highest BCUT2D eigenvalue weighted by molar-refractivity contribution is 9.10. The number of nitro groups is 1.